The Balaban J connectivity index is 1.55. The van der Waals surface area contributed by atoms with Crippen LogP contribution in [0.3, 0.4) is 0 Å². The predicted octanol–water partition coefficient (Wildman–Crippen LogP) is 3.42. The van der Waals surface area contributed by atoms with Gasteiger partial charge >= 0.3 is 0 Å². The molecule has 2 aromatic heterocycles. The second-order valence-corrected chi connectivity index (χ2v) is 5.95. The van der Waals surface area contributed by atoms with Crippen LogP contribution in [0.1, 0.15) is 12.7 Å². The highest BCUT2D eigenvalue weighted by molar-refractivity contribution is 7.99. The lowest BCUT2D eigenvalue weighted by molar-refractivity contribution is -0.113. The number of thioether (sulfide) groups is 1. The number of carbonyl (C=O) groups is 1. The van der Waals surface area contributed by atoms with Crippen LogP contribution in [0.15, 0.2) is 58.2 Å². The monoisotopic (exact) mass is 340 g/mol. The van der Waals surface area contributed by atoms with Crippen molar-refractivity contribution in [1.82, 2.24) is 15.1 Å². The molecular formula is C17H16N4O2S. The largest absolute Gasteiger partial charge is 0.334 e. The second-order valence-electron chi connectivity index (χ2n) is 4.96. The Hall–Kier alpha value is -2.67. The third-order valence-electron chi connectivity index (χ3n) is 3.18. The highest BCUT2D eigenvalue weighted by Crippen LogP contribution is 2.21. The summed E-state index contributed by atoms with van der Waals surface area (Å²) in [7, 11) is 0. The van der Waals surface area contributed by atoms with E-state index in [4.69, 9.17) is 4.52 Å². The fourth-order valence-corrected chi connectivity index (χ4v) is 2.61. The molecule has 0 aliphatic carbocycles. The molecule has 1 aromatic carbocycles. The van der Waals surface area contributed by atoms with E-state index in [2.05, 4.69) is 20.4 Å². The number of anilines is 1. The molecule has 1 amide bonds. The van der Waals surface area contributed by atoms with Gasteiger partial charge in [-0.25, -0.2) is 4.98 Å². The third kappa shape index (κ3) is 4.20. The molecule has 0 saturated carbocycles. The number of pyridine rings is 1. The molecule has 0 unspecified atom stereocenters. The lowest BCUT2D eigenvalue weighted by Crippen LogP contribution is -2.13. The Kier molecular flexibility index (Phi) is 5.22. The summed E-state index contributed by atoms with van der Waals surface area (Å²) in [6.45, 7) is 1.97. The van der Waals surface area contributed by atoms with Crippen LogP contribution in [0.5, 0.6) is 0 Å². The summed E-state index contributed by atoms with van der Waals surface area (Å²) in [5.74, 6) is 1.35. The molecule has 0 aliphatic heterocycles. The van der Waals surface area contributed by atoms with Gasteiger partial charge in [-0.1, -0.05) is 42.0 Å². The molecular weight excluding hydrogens is 324 g/mol. The molecule has 3 aromatic rings. The molecule has 0 bridgehead atoms. The number of hydrogen-bond donors (Lipinski definition) is 1. The van der Waals surface area contributed by atoms with Gasteiger partial charge in [0.25, 0.3) is 5.89 Å². The average Bonchev–Trinajstić information content (AvgIpc) is 3.10. The van der Waals surface area contributed by atoms with Crippen LogP contribution in [-0.4, -0.2) is 26.8 Å². The number of para-hydroxylation sites is 1. The number of hydrogen-bond acceptors (Lipinski definition) is 6. The minimum absolute atomic E-state index is 0.0680. The fraction of sp³-hybridized carbons (Fsp3) is 0.176. The molecule has 1 N–H and O–H groups in total. The number of aromatic nitrogens is 3. The van der Waals surface area contributed by atoms with Gasteiger partial charge in [-0.2, -0.15) is 4.98 Å². The van der Waals surface area contributed by atoms with Crippen molar-refractivity contribution >= 4 is 23.4 Å². The van der Waals surface area contributed by atoms with Crippen molar-refractivity contribution in [1.29, 1.82) is 0 Å². The number of aryl methyl sites for hydroxylation is 1. The van der Waals surface area contributed by atoms with E-state index in [0.29, 0.717) is 17.5 Å². The van der Waals surface area contributed by atoms with E-state index in [0.717, 1.165) is 22.7 Å². The number of rotatable bonds is 6. The van der Waals surface area contributed by atoms with Crippen molar-refractivity contribution < 1.29 is 9.32 Å². The summed E-state index contributed by atoms with van der Waals surface area (Å²) in [5, 5.41) is 7.46. The molecule has 7 heteroatoms. The van der Waals surface area contributed by atoms with Gasteiger partial charge in [0.05, 0.1) is 16.3 Å². The van der Waals surface area contributed by atoms with Gasteiger partial charge in [-0.15, -0.1) is 0 Å². The summed E-state index contributed by atoms with van der Waals surface area (Å²) in [6, 6.07) is 13.1. The van der Waals surface area contributed by atoms with E-state index in [1.807, 2.05) is 49.4 Å². The summed E-state index contributed by atoms with van der Waals surface area (Å²) in [5.41, 5.74) is 1.55. The van der Waals surface area contributed by atoms with E-state index in [-0.39, 0.29) is 5.91 Å². The second kappa shape index (κ2) is 7.74. The smallest absolute Gasteiger partial charge is 0.259 e. The standard InChI is InChI=1S/C17H16N4O2S/c1-2-14-20-17(23-21-14)12-8-9-16(18-10-12)24-11-15(22)19-13-6-4-3-5-7-13/h3-10H,2,11H2,1H3,(H,19,22). The van der Waals surface area contributed by atoms with Crippen LogP contribution in [0.25, 0.3) is 11.5 Å². The number of benzene rings is 1. The molecule has 6 nitrogen and oxygen atoms in total. The first-order valence-corrected chi connectivity index (χ1v) is 8.50. The van der Waals surface area contributed by atoms with Crippen LogP contribution >= 0.6 is 11.8 Å². The summed E-state index contributed by atoms with van der Waals surface area (Å²) >= 11 is 1.37. The Bertz CT molecular complexity index is 803. The topological polar surface area (TPSA) is 80.9 Å². The zero-order chi connectivity index (χ0) is 16.8. The molecule has 0 fully saturated rings. The Labute approximate surface area is 143 Å². The van der Waals surface area contributed by atoms with E-state index in [1.54, 1.807) is 6.20 Å². The lowest BCUT2D eigenvalue weighted by atomic mass is 10.3. The van der Waals surface area contributed by atoms with Gasteiger partial charge in [0.15, 0.2) is 5.82 Å². The maximum absolute atomic E-state index is 11.9. The Morgan fingerprint density at radius 2 is 2.04 bits per heavy atom. The van der Waals surface area contributed by atoms with Gasteiger partial charge in [0, 0.05) is 18.3 Å². The molecule has 0 saturated heterocycles. The van der Waals surface area contributed by atoms with Crippen molar-refractivity contribution in [2.75, 3.05) is 11.1 Å². The third-order valence-corrected chi connectivity index (χ3v) is 4.12. The van der Waals surface area contributed by atoms with Crippen LogP contribution in [-0.2, 0) is 11.2 Å². The number of nitrogens with zero attached hydrogens (tertiary/aromatic N) is 3. The molecule has 0 radical (unpaired) electrons. The highest BCUT2D eigenvalue weighted by Gasteiger charge is 2.09. The van der Waals surface area contributed by atoms with Crippen LogP contribution in [0.4, 0.5) is 5.69 Å². The maximum Gasteiger partial charge on any atom is 0.259 e. The SMILES string of the molecule is CCc1noc(-c2ccc(SCC(=O)Nc3ccccc3)nc2)n1. The quantitative estimate of drug-likeness (QED) is 0.693. The number of nitrogens with one attached hydrogen (secondary N) is 1. The van der Waals surface area contributed by atoms with Gasteiger partial charge < -0.3 is 9.84 Å². The van der Waals surface area contributed by atoms with E-state index >= 15 is 0 Å². The minimum Gasteiger partial charge on any atom is -0.334 e. The van der Waals surface area contributed by atoms with Gasteiger partial charge in [0.2, 0.25) is 5.91 Å². The van der Waals surface area contributed by atoms with Crippen LogP contribution in [0, 0.1) is 0 Å². The minimum atomic E-state index is -0.0680. The molecule has 122 valence electrons. The lowest BCUT2D eigenvalue weighted by Gasteiger charge is -2.04. The zero-order valence-electron chi connectivity index (χ0n) is 13.1. The van der Waals surface area contributed by atoms with Gasteiger partial charge in [-0.3, -0.25) is 4.79 Å². The van der Waals surface area contributed by atoms with E-state index in [9.17, 15) is 4.79 Å². The first kappa shape index (κ1) is 16.2. The van der Waals surface area contributed by atoms with Crippen molar-refractivity contribution in [3.8, 4) is 11.5 Å². The normalized spacial score (nSPS) is 10.5. The predicted molar refractivity (Wildman–Crippen MR) is 92.7 cm³/mol. The fourth-order valence-electron chi connectivity index (χ4n) is 1.97. The van der Waals surface area contributed by atoms with Gasteiger partial charge in [-0.05, 0) is 24.3 Å². The molecule has 0 atom stereocenters. The van der Waals surface area contributed by atoms with Crippen molar-refractivity contribution in [3.05, 3.63) is 54.5 Å². The number of carbonyl (C=O) groups excluding carboxylic acids is 1. The Morgan fingerprint density at radius 1 is 1.21 bits per heavy atom. The summed E-state index contributed by atoms with van der Waals surface area (Å²) in [4.78, 5) is 20.5. The number of amides is 1. The molecule has 0 aliphatic rings. The first-order chi connectivity index (χ1) is 11.7. The van der Waals surface area contributed by atoms with Crippen molar-refractivity contribution in [2.24, 2.45) is 0 Å². The van der Waals surface area contributed by atoms with Gasteiger partial charge in [0.1, 0.15) is 0 Å². The van der Waals surface area contributed by atoms with Crippen LogP contribution in [0.2, 0.25) is 0 Å². The van der Waals surface area contributed by atoms with Crippen LogP contribution < -0.4 is 5.32 Å². The van der Waals surface area contributed by atoms with Crippen molar-refractivity contribution in [2.45, 2.75) is 18.4 Å². The average molecular weight is 340 g/mol. The summed E-state index contributed by atoms with van der Waals surface area (Å²) < 4.78 is 5.17. The highest BCUT2D eigenvalue weighted by atomic mass is 32.2. The molecule has 2 heterocycles. The van der Waals surface area contributed by atoms with E-state index in [1.165, 1.54) is 11.8 Å². The molecule has 3 rings (SSSR count). The zero-order valence-corrected chi connectivity index (χ0v) is 13.9. The first-order valence-electron chi connectivity index (χ1n) is 7.51. The maximum atomic E-state index is 11.9. The van der Waals surface area contributed by atoms with Crippen molar-refractivity contribution in [3.63, 3.8) is 0 Å². The summed E-state index contributed by atoms with van der Waals surface area (Å²) in [6.07, 6.45) is 2.39. The van der Waals surface area contributed by atoms with E-state index < -0.39 is 0 Å². The Morgan fingerprint density at radius 3 is 2.71 bits per heavy atom. The molecule has 0 spiro atoms. The molecule has 24 heavy (non-hydrogen) atoms.